The van der Waals surface area contributed by atoms with E-state index in [4.69, 9.17) is 9.72 Å². The molecule has 1 aliphatic heterocycles. The van der Waals surface area contributed by atoms with Gasteiger partial charge in [0, 0.05) is 49.6 Å². The Bertz CT molecular complexity index is 1300. The monoisotopic (exact) mass is 510 g/mol. The summed E-state index contributed by atoms with van der Waals surface area (Å²) in [5.41, 5.74) is 2.40. The first kappa shape index (κ1) is 26.2. The van der Waals surface area contributed by atoms with Crippen LogP contribution in [-0.2, 0) is 14.8 Å². The number of benzene rings is 1. The lowest BCUT2D eigenvalue weighted by Gasteiger charge is -2.29. The molecule has 9 heteroatoms. The van der Waals surface area contributed by atoms with Crippen molar-refractivity contribution < 1.29 is 17.9 Å². The summed E-state index contributed by atoms with van der Waals surface area (Å²) < 4.78 is 33.9. The van der Waals surface area contributed by atoms with E-state index in [0.29, 0.717) is 60.7 Å². The molecule has 36 heavy (non-hydrogen) atoms. The van der Waals surface area contributed by atoms with Gasteiger partial charge < -0.3 is 10.1 Å². The highest BCUT2D eigenvalue weighted by molar-refractivity contribution is 7.89. The molecule has 0 unspecified atom stereocenters. The van der Waals surface area contributed by atoms with Crippen LogP contribution in [0.5, 0.6) is 0 Å². The van der Waals surface area contributed by atoms with Crippen LogP contribution < -0.4 is 5.32 Å². The Kier molecular flexibility index (Phi) is 8.33. The van der Waals surface area contributed by atoms with Crippen molar-refractivity contribution in [1.82, 2.24) is 19.6 Å². The highest BCUT2D eigenvalue weighted by Crippen LogP contribution is 2.29. The molecule has 3 aromatic rings. The number of carbonyl (C=O) groups is 1. The molecule has 0 saturated carbocycles. The minimum Gasteiger partial charge on any atom is -0.379 e. The van der Waals surface area contributed by atoms with Crippen LogP contribution in [0.4, 0.5) is 0 Å². The standard InChI is InChI=1S/C27H34N4O4S/c1-19(2)35-16-4-11-29-27(32)24-18-26(21-7-12-28-13-8-21)30-25-6-5-22(17-23(24)25)36(33,34)31-14-9-20(3)10-15-31/h5-8,12-13,17-20H,4,9-11,14-16H2,1-3H3,(H,29,32). The van der Waals surface area contributed by atoms with E-state index >= 15 is 0 Å². The Hall–Kier alpha value is -2.88. The second-order valence-electron chi connectivity index (χ2n) is 9.59. The lowest BCUT2D eigenvalue weighted by atomic mass is 10.0. The van der Waals surface area contributed by atoms with Crippen molar-refractivity contribution in [1.29, 1.82) is 0 Å². The van der Waals surface area contributed by atoms with Gasteiger partial charge in [-0.25, -0.2) is 13.4 Å². The van der Waals surface area contributed by atoms with E-state index in [1.807, 2.05) is 26.0 Å². The van der Waals surface area contributed by atoms with Gasteiger partial charge >= 0.3 is 0 Å². The molecule has 192 valence electrons. The number of sulfonamides is 1. The van der Waals surface area contributed by atoms with Crippen molar-refractivity contribution in [2.45, 2.75) is 51.0 Å². The van der Waals surface area contributed by atoms with Crippen molar-refractivity contribution in [2.24, 2.45) is 5.92 Å². The van der Waals surface area contributed by atoms with Crippen LogP contribution in [0.15, 0.2) is 53.7 Å². The molecule has 1 N–H and O–H groups in total. The first-order valence-electron chi connectivity index (χ1n) is 12.5. The van der Waals surface area contributed by atoms with Crippen LogP contribution in [0.1, 0.15) is 50.4 Å². The number of hydrogen-bond donors (Lipinski definition) is 1. The second-order valence-corrected chi connectivity index (χ2v) is 11.5. The number of carbonyl (C=O) groups excluding carboxylic acids is 1. The van der Waals surface area contributed by atoms with Gasteiger partial charge in [0.25, 0.3) is 5.91 Å². The molecule has 0 bridgehead atoms. The smallest absolute Gasteiger partial charge is 0.252 e. The first-order valence-corrected chi connectivity index (χ1v) is 13.9. The topological polar surface area (TPSA) is 101 Å². The first-order chi connectivity index (χ1) is 17.3. The number of pyridine rings is 2. The number of aromatic nitrogens is 2. The van der Waals surface area contributed by atoms with E-state index in [9.17, 15) is 13.2 Å². The fourth-order valence-electron chi connectivity index (χ4n) is 4.29. The van der Waals surface area contributed by atoms with Crippen molar-refractivity contribution in [3.8, 4) is 11.3 Å². The molecule has 0 aliphatic carbocycles. The predicted octanol–water partition coefficient (Wildman–Crippen LogP) is 4.26. The summed E-state index contributed by atoms with van der Waals surface area (Å²) >= 11 is 0. The minimum absolute atomic E-state index is 0.135. The molecular formula is C27H34N4O4S. The Morgan fingerprint density at radius 1 is 1.14 bits per heavy atom. The average Bonchev–Trinajstić information content (AvgIpc) is 2.88. The van der Waals surface area contributed by atoms with E-state index in [2.05, 4.69) is 17.2 Å². The van der Waals surface area contributed by atoms with Crippen LogP contribution in [0.3, 0.4) is 0 Å². The zero-order valence-corrected chi connectivity index (χ0v) is 21.9. The van der Waals surface area contributed by atoms with Gasteiger partial charge in [-0.2, -0.15) is 4.31 Å². The van der Waals surface area contributed by atoms with Crippen molar-refractivity contribution >= 4 is 26.8 Å². The number of fused-ring (bicyclic) bond motifs is 1. The lowest BCUT2D eigenvalue weighted by Crippen LogP contribution is -2.37. The number of rotatable bonds is 9. The molecule has 8 nitrogen and oxygen atoms in total. The van der Waals surface area contributed by atoms with Crippen molar-refractivity contribution in [2.75, 3.05) is 26.2 Å². The summed E-state index contributed by atoms with van der Waals surface area (Å²) in [6.45, 7) is 8.10. The average molecular weight is 511 g/mol. The Balaban J connectivity index is 1.69. The molecule has 1 saturated heterocycles. The van der Waals surface area contributed by atoms with Crippen LogP contribution in [0.25, 0.3) is 22.2 Å². The van der Waals surface area contributed by atoms with Crippen molar-refractivity contribution in [3.63, 3.8) is 0 Å². The number of ether oxygens (including phenoxy) is 1. The molecule has 0 atom stereocenters. The van der Waals surface area contributed by atoms with E-state index in [1.165, 1.54) is 0 Å². The van der Waals surface area contributed by atoms with Gasteiger partial charge in [-0.1, -0.05) is 6.92 Å². The van der Waals surface area contributed by atoms with Gasteiger partial charge in [-0.3, -0.25) is 9.78 Å². The molecule has 0 spiro atoms. The Labute approximate surface area is 213 Å². The van der Waals surface area contributed by atoms with Gasteiger partial charge in [0.15, 0.2) is 0 Å². The molecule has 4 rings (SSSR count). The van der Waals surface area contributed by atoms with Crippen molar-refractivity contribution in [3.05, 3.63) is 54.4 Å². The normalized spacial score (nSPS) is 15.4. The van der Waals surface area contributed by atoms with Crippen LogP contribution >= 0.6 is 0 Å². The maximum atomic E-state index is 13.4. The summed E-state index contributed by atoms with van der Waals surface area (Å²) in [4.78, 5) is 22.3. The molecule has 2 aromatic heterocycles. The minimum atomic E-state index is -3.67. The van der Waals surface area contributed by atoms with E-state index < -0.39 is 10.0 Å². The summed E-state index contributed by atoms with van der Waals surface area (Å²) in [5, 5.41) is 3.46. The van der Waals surface area contributed by atoms with Gasteiger partial charge in [0.2, 0.25) is 10.0 Å². The zero-order chi connectivity index (χ0) is 25.7. The SMILES string of the molecule is CC1CCN(S(=O)(=O)c2ccc3nc(-c4ccncc4)cc(C(=O)NCCCOC(C)C)c3c2)CC1. The lowest BCUT2D eigenvalue weighted by molar-refractivity contribution is 0.0757. The van der Waals surface area contributed by atoms with Gasteiger partial charge in [0.1, 0.15) is 0 Å². The zero-order valence-electron chi connectivity index (χ0n) is 21.1. The Morgan fingerprint density at radius 2 is 1.86 bits per heavy atom. The molecule has 1 aromatic carbocycles. The molecule has 1 amide bonds. The van der Waals surface area contributed by atoms with Gasteiger partial charge in [0.05, 0.1) is 27.8 Å². The summed E-state index contributed by atoms with van der Waals surface area (Å²) in [6, 6.07) is 10.2. The Morgan fingerprint density at radius 3 is 2.56 bits per heavy atom. The van der Waals surface area contributed by atoms with Crippen LogP contribution in [-0.4, -0.2) is 60.9 Å². The highest BCUT2D eigenvalue weighted by atomic mass is 32.2. The predicted molar refractivity (Wildman–Crippen MR) is 140 cm³/mol. The largest absolute Gasteiger partial charge is 0.379 e. The summed E-state index contributed by atoms with van der Waals surface area (Å²) in [6.07, 6.45) is 5.85. The van der Waals surface area contributed by atoms with Crippen LogP contribution in [0, 0.1) is 5.92 Å². The fraction of sp³-hybridized carbons (Fsp3) is 0.444. The number of nitrogens with zero attached hydrogens (tertiary/aromatic N) is 3. The molecule has 0 radical (unpaired) electrons. The van der Waals surface area contributed by atoms with Crippen LogP contribution in [0.2, 0.25) is 0 Å². The molecule has 1 fully saturated rings. The number of nitrogens with one attached hydrogen (secondary N) is 1. The third kappa shape index (κ3) is 6.08. The molecule has 3 heterocycles. The molecular weight excluding hydrogens is 476 g/mol. The molecule has 1 aliphatic rings. The highest BCUT2D eigenvalue weighted by Gasteiger charge is 2.28. The quantitative estimate of drug-likeness (QED) is 0.432. The summed E-state index contributed by atoms with van der Waals surface area (Å²) in [5.74, 6) is 0.244. The maximum absolute atomic E-state index is 13.4. The number of piperidine rings is 1. The van der Waals surface area contributed by atoms with Gasteiger partial charge in [-0.05, 0) is 75.4 Å². The second kappa shape index (κ2) is 11.5. The third-order valence-electron chi connectivity index (χ3n) is 6.44. The third-order valence-corrected chi connectivity index (χ3v) is 8.33. The maximum Gasteiger partial charge on any atom is 0.252 e. The van der Waals surface area contributed by atoms with E-state index in [0.717, 1.165) is 18.4 Å². The van der Waals surface area contributed by atoms with Gasteiger partial charge in [-0.15, -0.1) is 0 Å². The number of amides is 1. The van der Waals surface area contributed by atoms with E-state index in [1.54, 1.807) is 41.0 Å². The van der Waals surface area contributed by atoms with E-state index in [-0.39, 0.29) is 16.9 Å². The fourth-order valence-corrected chi connectivity index (χ4v) is 5.78. The summed E-state index contributed by atoms with van der Waals surface area (Å²) in [7, 11) is -3.67. The number of hydrogen-bond acceptors (Lipinski definition) is 6.